The van der Waals surface area contributed by atoms with Crippen molar-refractivity contribution in [3.8, 4) is 0 Å². The van der Waals surface area contributed by atoms with Crippen molar-refractivity contribution in [2.75, 3.05) is 18.5 Å². The summed E-state index contributed by atoms with van der Waals surface area (Å²) in [6, 6.07) is 4.73. The molecule has 4 nitrogen and oxygen atoms in total. The molecule has 112 valence electrons. The van der Waals surface area contributed by atoms with Gasteiger partial charge in [0.1, 0.15) is 0 Å². The Morgan fingerprint density at radius 3 is 2.70 bits per heavy atom. The average molecular weight is 384 g/mol. The molecule has 0 saturated carbocycles. The minimum Gasteiger partial charge on any atom is -0.381 e. The molecule has 1 fully saturated rings. The van der Waals surface area contributed by atoms with E-state index in [4.69, 9.17) is 22.1 Å². The van der Waals surface area contributed by atoms with Crippen LogP contribution in [0.5, 0.6) is 0 Å². The standard InChI is InChI=1S/C13H16BrClN2O2.ClH/c14-10-7-9(1-2-11(10)15)17-13(18)12(16)8-3-5-19-6-4-8;/h1-2,7-8,12H,3-6,16H2,(H,17,18);1H. The molecule has 1 unspecified atom stereocenters. The predicted octanol–water partition coefficient (Wildman–Crippen LogP) is 3.22. The zero-order valence-electron chi connectivity index (χ0n) is 10.8. The monoisotopic (exact) mass is 382 g/mol. The first-order valence-corrected chi connectivity index (χ1v) is 7.34. The van der Waals surface area contributed by atoms with Crippen molar-refractivity contribution in [1.82, 2.24) is 0 Å². The van der Waals surface area contributed by atoms with E-state index in [0.717, 1.165) is 17.3 Å². The van der Waals surface area contributed by atoms with Gasteiger partial charge in [-0.2, -0.15) is 0 Å². The van der Waals surface area contributed by atoms with Gasteiger partial charge < -0.3 is 15.8 Å². The molecular weight excluding hydrogens is 367 g/mol. The molecule has 1 aromatic rings. The molecule has 2 rings (SSSR count). The van der Waals surface area contributed by atoms with Crippen molar-refractivity contribution in [2.45, 2.75) is 18.9 Å². The minimum atomic E-state index is -0.502. The third-order valence-electron chi connectivity index (χ3n) is 3.26. The van der Waals surface area contributed by atoms with Crippen LogP contribution in [-0.2, 0) is 9.53 Å². The molecule has 0 aliphatic carbocycles. The first-order chi connectivity index (χ1) is 9.08. The summed E-state index contributed by atoms with van der Waals surface area (Å²) in [6.45, 7) is 1.36. The lowest BCUT2D eigenvalue weighted by Gasteiger charge is -2.26. The number of rotatable bonds is 3. The van der Waals surface area contributed by atoms with Crippen LogP contribution in [0.15, 0.2) is 22.7 Å². The van der Waals surface area contributed by atoms with E-state index in [-0.39, 0.29) is 24.2 Å². The molecular formula is C13H17BrCl2N2O2. The number of hydrogen-bond donors (Lipinski definition) is 2. The van der Waals surface area contributed by atoms with Crippen LogP contribution in [0, 0.1) is 5.92 Å². The van der Waals surface area contributed by atoms with Gasteiger partial charge in [-0.15, -0.1) is 12.4 Å². The molecule has 3 N–H and O–H groups in total. The van der Waals surface area contributed by atoms with E-state index in [1.807, 2.05) is 0 Å². The minimum absolute atomic E-state index is 0. The van der Waals surface area contributed by atoms with Crippen LogP contribution in [0.1, 0.15) is 12.8 Å². The second-order valence-electron chi connectivity index (χ2n) is 4.59. The highest BCUT2D eigenvalue weighted by Crippen LogP contribution is 2.26. The lowest BCUT2D eigenvalue weighted by Crippen LogP contribution is -2.44. The van der Waals surface area contributed by atoms with Crippen LogP contribution in [0.4, 0.5) is 5.69 Å². The van der Waals surface area contributed by atoms with Gasteiger partial charge in [0.2, 0.25) is 5.91 Å². The maximum Gasteiger partial charge on any atom is 0.241 e. The van der Waals surface area contributed by atoms with Gasteiger partial charge in [0, 0.05) is 23.4 Å². The van der Waals surface area contributed by atoms with Crippen molar-refractivity contribution < 1.29 is 9.53 Å². The van der Waals surface area contributed by atoms with Gasteiger partial charge in [0.25, 0.3) is 0 Å². The van der Waals surface area contributed by atoms with Gasteiger partial charge >= 0.3 is 0 Å². The highest BCUT2D eigenvalue weighted by atomic mass is 79.9. The molecule has 1 amide bonds. The molecule has 0 radical (unpaired) electrons. The SMILES string of the molecule is Cl.NC(C(=O)Nc1ccc(Cl)c(Br)c1)C1CCOCC1. The Labute approximate surface area is 137 Å². The lowest BCUT2D eigenvalue weighted by atomic mass is 9.92. The second-order valence-corrected chi connectivity index (χ2v) is 5.86. The van der Waals surface area contributed by atoms with Crippen LogP contribution in [0.2, 0.25) is 5.02 Å². The first-order valence-electron chi connectivity index (χ1n) is 6.17. The maximum absolute atomic E-state index is 12.1. The Kier molecular flexibility index (Phi) is 7.26. The lowest BCUT2D eigenvalue weighted by molar-refractivity contribution is -0.119. The van der Waals surface area contributed by atoms with Gasteiger partial charge in [0.05, 0.1) is 11.1 Å². The third kappa shape index (κ3) is 4.60. The molecule has 0 bridgehead atoms. The molecule has 1 atom stereocenters. The van der Waals surface area contributed by atoms with E-state index in [9.17, 15) is 4.79 Å². The molecule has 1 aliphatic rings. The zero-order valence-corrected chi connectivity index (χ0v) is 13.9. The average Bonchev–Trinajstić information content (AvgIpc) is 2.43. The molecule has 7 heteroatoms. The fraction of sp³-hybridized carbons (Fsp3) is 0.462. The summed E-state index contributed by atoms with van der Waals surface area (Å²) in [4.78, 5) is 12.1. The third-order valence-corrected chi connectivity index (χ3v) is 4.48. The quantitative estimate of drug-likeness (QED) is 0.842. The Morgan fingerprint density at radius 2 is 2.10 bits per heavy atom. The molecule has 20 heavy (non-hydrogen) atoms. The Bertz CT molecular complexity index is 468. The topological polar surface area (TPSA) is 64.4 Å². The number of ether oxygens (including phenoxy) is 1. The number of nitrogens with one attached hydrogen (secondary N) is 1. The van der Waals surface area contributed by atoms with Gasteiger partial charge in [-0.25, -0.2) is 0 Å². The van der Waals surface area contributed by atoms with Crippen molar-refractivity contribution >= 4 is 51.5 Å². The van der Waals surface area contributed by atoms with E-state index in [0.29, 0.717) is 23.9 Å². The van der Waals surface area contributed by atoms with E-state index in [2.05, 4.69) is 21.2 Å². The molecule has 1 heterocycles. The second kappa shape index (κ2) is 8.20. The first kappa shape index (κ1) is 17.7. The fourth-order valence-electron chi connectivity index (χ4n) is 2.09. The van der Waals surface area contributed by atoms with Crippen molar-refractivity contribution in [2.24, 2.45) is 11.7 Å². The van der Waals surface area contributed by atoms with E-state index in [1.165, 1.54) is 0 Å². The molecule has 1 aromatic carbocycles. The number of hydrogen-bond acceptors (Lipinski definition) is 3. The number of anilines is 1. The van der Waals surface area contributed by atoms with Crippen LogP contribution in [0.25, 0.3) is 0 Å². The summed E-state index contributed by atoms with van der Waals surface area (Å²) in [7, 11) is 0. The zero-order chi connectivity index (χ0) is 13.8. The van der Waals surface area contributed by atoms with Gasteiger partial charge in [0.15, 0.2) is 0 Å². The number of carbonyl (C=O) groups excluding carboxylic acids is 1. The summed E-state index contributed by atoms with van der Waals surface area (Å²) in [5.41, 5.74) is 6.69. The summed E-state index contributed by atoms with van der Waals surface area (Å²) in [5.74, 6) is 0.0191. The Balaban J connectivity index is 0.00000200. The Hall–Kier alpha value is -0.330. The maximum atomic E-state index is 12.1. The van der Waals surface area contributed by atoms with E-state index < -0.39 is 6.04 Å². The number of amides is 1. The summed E-state index contributed by atoms with van der Waals surface area (Å²) < 4.78 is 6.01. The molecule has 0 spiro atoms. The number of carbonyl (C=O) groups is 1. The largest absolute Gasteiger partial charge is 0.381 e. The van der Waals surface area contributed by atoms with Gasteiger partial charge in [-0.05, 0) is 52.9 Å². The number of nitrogens with two attached hydrogens (primary N) is 1. The van der Waals surface area contributed by atoms with Crippen LogP contribution >= 0.6 is 39.9 Å². The molecule has 1 saturated heterocycles. The highest BCUT2D eigenvalue weighted by Gasteiger charge is 2.26. The Morgan fingerprint density at radius 1 is 1.45 bits per heavy atom. The number of benzene rings is 1. The van der Waals surface area contributed by atoms with E-state index in [1.54, 1.807) is 18.2 Å². The van der Waals surface area contributed by atoms with Crippen molar-refractivity contribution in [1.29, 1.82) is 0 Å². The van der Waals surface area contributed by atoms with E-state index >= 15 is 0 Å². The van der Waals surface area contributed by atoms with Crippen LogP contribution < -0.4 is 11.1 Å². The normalized spacial score (nSPS) is 17.1. The van der Waals surface area contributed by atoms with Crippen molar-refractivity contribution in [3.63, 3.8) is 0 Å². The van der Waals surface area contributed by atoms with Crippen molar-refractivity contribution in [3.05, 3.63) is 27.7 Å². The number of halogens is 3. The molecule has 0 aromatic heterocycles. The summed E-state index contributed by atoms with van der Waals surface area (Å²) in [6.07, 6.45) is 1.66. The summed E-state index contributed by atoms with van der Waals surface area (Å²) in [5, 5.41) is 3.42. The predicted molar refractivity (Wildman–Crippen MR) is 86.5 cm³/mol. The fourth-order valence-corrected chi connectivity index (χ4v) is 2.58. The van der Waals surface area contributed by atoms with Crippen LogP contribution in [0.3, 0.4) is 0 Å². The van der Waals surface area contributed by atoms with Gasteiger partial charge in [-0.3, -0.25) is 4.79 Å². The highest BCUT2D eigenvalue weighted by molar-refractivity contribution is 9.10. The smallest absolute Gasteiger partial charge is 0.241 e. The summed E-state index contributed by atoms with van der Waals surface area (Å²) >= 11 is 9.22. The van der Waals surface area contributed by atoms with Gasteiger partial charge in [-0.1, -0.05) is 11.6 Å². The molecule has 1 aliphatic heterocycles. The van der Waals surface area contributed by atoms with Crippen LogP contribution in [-0.4, -0.2) is 25.2 Å².